The van der Waals surface area contributed by atoms with Crippen LogP contribution in [0.5, 0.6) is 0 Å². The van der Waals surface area contributed by atoms with E-state index in [-0.39, 0.29) is 0 Å². The first kappa shape index (κ1) is 16.3. The molecule has 1 aliphatic rings. The Labute approximate surface area is 129 Å². The summed E-state index contributed by atoms with van der Waals surface area (Å²) in [5.74, 6) is 1.34. The summed E-state index contributed by atoms with van der Waals surface area (Å²) < 4.78 is 5.65. The molecule has 1 fully saturated rings. The van der Waals surface area contributed by atoms with E-state index in [1.54, 1.807) is 0 Å². The molecule has 3 heteroatoms. The van der Waals surface area contributed by atoms with Crippen LogP contribution in [0.3, 0.4) is 0 Å². The normalized spacial score (nSPS) is 22.8. The predicted octanol–water partition coefficient (Wildman–Crippen LogP) is 3.29. The molecule has 0 bridgehead atoms. The van der Waals surface area contributed by atoms with Gasteiger partial charge < -0.3 is 15.0 Å². The van der Waals surface area contributed by atoms with Crippen LogP contribution in [0, 0.1) is 11.8 Å². The minimum absolute atomic E-state index is 0.343. The number of hydrogen-bond acceptors (Lipinski definition) is 3. The molecule has 1 saturated heterocycles. The van der Waals surface area contributed by atoms with E-state index in [9.17, 15) is 0 Å². The molecule has 1 heterocycles. The zero-order valence-corrected chi connectivity index (χ0v) is 13.9. The van der Waals surface area contributed by atoms with Gasteiger partial charge in [-0.3, -0.25) is 0 Å². The third-order valence-corrected chi connectivity index (χ3v) is 4.39. The standard InChI is InChI=1S/C18H30N2O/c1-14(2)11-19-12-16-7-5-6-8-17(16)20-10-9-15(3)18(13-20)21-4/h5-8,14-15,18-19H,9-13H2,1-4H3. The number of ether oxygens (including phenoxy) is 1. The minimum Gasteiger partial charge on any atom is -0.379 e. The predicted molar refractivity (Wildman–Crippen MR) is 89.8 cm³/mol. The topological polar surface area (TPSA) is 24.5 Å². The Bertz CT molecular complexity index is 433. The van der Waals surface area contributed by atoms with Crippen LogP contribution in [-0.2, 0) is 11.3 Å². The molecular weight excluding hydrogens is 260 g/mol. The summed E-state index contributed by atoms with van der Waals surface area (Å²) in [5.41, 5.74) is 2.75. The lowest BCUT2D eigenvalue weighted by Gasteiger charge is -2.38. The highest BCUT2D eigenvalue weighted by Crippen LogP contribution is 2.27. The Hall–Kier alpha value is -1.06. The average molecular weight is 290 g/mol. The molecule has 1 aromatic rings. The molecule has 0 radical (unpaired) electrons. The summed E-state index contributed by atoms with van der Waals surface area (Å²) in [7, 11) is 1.83. The van der Waals surface area contributed by atoms with E-state index in [0.29, 0.717) is 17.9 Å². The fourth-order valence-corrected chi connectivity index (χ4v) is 3.02. The van der Waals surface area contributed by atoms with E-state index >= 15 is 0 Å². The summed E-state index contributed by atoms with van der Waals surface area (Å²) in [6.07, 6.45) is 1.54. The van der Waals surface area contributed by atoms with E-state index in [4.69, 9.17) is 4.74 Å². The van der Waals surface area contributed by atoms with Crippen LogP contribution in [0.25, 0.3) is 0 Å². The smallest absolute Gasteiger partial charge is 0.0772 e. The quantitative estimate of drug-likeness (QED) is 0.870. The number of rotatable bonds is 6. The maximum absolute atomic E-state index is 5.65. The summed E-state index contributed by atoms with van der Waals surface area (Å²) in [6, 6.07) is 8.76. The van der Waals surface area contributed by atoms with Crippen molar-refractivity contribution in [1.82, 2.24) is 5.32 Å². The first-order valence-corrected chi connectivity index (χ1v) is 8.18. The van der Waals surface area contributed by atoms with E-state index in [1.807, 2.05) is 7.11 Å². The van der Waals surface area contributed by atoms with Crippen LogP contribution >= 0.6 is 0 Å². The third kappa shape index (κ3) is 4.45. The van der Waals surface area contributed by atoms with Crippen LogP contribution in [0.2, 0.25) is 0 Å². The average Bonchev–Trinajstić information content (AvgIpc) is 2.48. The highest BCUT2D eigenvalue weighted by atomic mass is 16.5. The molecule has 118 valence electrons. The molecule has 0 aliphatic carbocycles. The van der Waals surface area contributed by atoms with Crippen molar-refractivity contribution in [1.29, 1.82) is 0 Å². The van der Waals surface area contributed by atoms with Crippen molar-refractivity contribution in [2.45, 2.75) is 39.8 Å². The second kappa shape index (κ2) is 7.81. The van der Waals surface area contributed by atoms with Crippen LogP contribution in [-0.4, -0.2) is 32.8 Å². The molecule has 0 spiro atoms. The molecule has 0 aromatic heterocycles. The molecule has 0 saturated carbocycles. The SMILES string of the molecule is COC1CN(c2ccccc2CNCC(C)C)CCC1C. The van der Waals surface area contributed by atoms with Gasteiger partial charge in [0, 0.05) is 32.4 Å². The summed E-state index contributed by atoms with van der Waals surface area (Å²) in [5, 5.41) is 3.56. The molecular formula is C18H30N2O. The van der Waals surface area contributed by atoms with Gasteiger partial charge in [-0.15, -0.1) is 0 Å². The summed E-state index contributed by atoms with van der Waals surface area (Å²) >= 11 is 0. The number of piperidine rings is 1. The zero-order valence-electron chi connectivity index (χ0n) is 13.9. The van der Waals surface area contributed by atoms with Gasteiger partial charge in [0.25, 0.3) is 0 Å². The Morgan fingerprint density at radius 2 is 2.10 bits per heavy atom. The second-order valence-electron chi connectivity index (χ2n) is 6.64. The van der Waals surface area contributed by atoms with E-state index in [0.717, 1.165) is 26.2 Å². The first-order chi connectivity index (χ1) is 10.1. The number of nitrogens with one attached hydrogen (secondary N) is 1. The van der Waals surface area contributed by atoms with Gasteiger partial charge >= 0.3 is 0 Å². The van der Waals surface area contributed by atoms with E-state index in [1.165, 1.54) is 17.7 Å². The molecule has 3 nitrogen and oxygen atoms in total. The van der Waals surface area contributed by atoms with Crippen LogP contribution in [0.1, 0.15) is 32.8 Å². The van der Waals surface area contributed by atoms with E-state index in [2.05, 4.69) is 55.3 Å². The molecule has 0 amide bonds. The Balaban J connectivity index is 2.05. The van der Waals surface area contributed by atoms with Gasteiger partial charge in [0.05, 0.1) is 6.10 Å². The number of nitrogens with zero attached hydrogens (tertiary/aromatic N) is 1. The van der Waals surface area contributed by atoms with Gasteiger partial charge in [-0.1, -0.05) is 39.0 Å². The highest BCUT2D eigenvalue weighted by Gasteiger charge is 2.26. The van der Waals surface area contributed by atoms with Crippen LogP contribution in [0.15, 0.2) is 24.3 Å². The minimum atomic E-state index is 0.343. The van der Waals surface area contributed by atoms with Crippen molar-refractivity contribution in [3.05, 3.63) is 29.8 Å². The summed E-state index contributed by atoms with van der Waals surface area (Å²) in [6.45, 7) is 10.9. The Kier molecular flexibility index (Phi) is 6.07. The number of para-hydroxylation sites is 1. The van der Waals surface area contributed by atoms with Gasteiger partial charge in [0.1, 0.15) is 0 Å². The summed E-state index contributed by atoms with van der Waals surface area (Å²) in [4.78, 5) is 2.49. The van der Waals surface area contributed by atoms with Crippen molar-refractivity contribution in [3.63, 3.8) is 0 Å². The number of methoxy groups -OCH3 is 1. The van der Waals surface area contributed by atoms with Crippen molar-refractivity contribution < 1.29 is 4.74 Å². The molecule has 2 rings (SSSR count). The van der Waals surface area contributed by atoms with Gasteiger partial charge in [-0.05, 0) is 36.4 Å². The van der Waals surface area contributed by atoms with Gasteiger partial charge in [0.2, 0.25) is 0 Å². The molecule has 1 aromatic carbocycles. The van der Waals surface area contributed by atoms with Gasteiger partial charge in [-0.25, -0.2) is 0 Å². The van der Waals surface area contributed by atoms with Crippen LogP contribution in [0.4, 0.5) is 5.69 Å². The fraction of sp³-hybridized carbons (Fsp3) is 0.667. The van der Waals surface area contributed by atoms with Crippen molar-refractivity contribution >= 4 is 5.69 Å². The molecule has 1 N–H and O–H groups in total. The Morgan fingerprint density at radius 1 is 1.33 bits per heavy atom. The first-order valence-electron chi connectivity index (χ1n) is 8.18. The lowest BCUT2D eigenvalue weighted by molar-refractivity contribution is 0.0498. The molecule has 2 atom stereocenters. The number of hydrogen-bond donors (Lipinski definition) is 1. The lowest BCUT2D eigenvalue weighted by Crippen LogP contribution is -2.44. The van der Waals surface area contributed by atoms with Gasteiger partial charge in [0.15, 0.2) is 0 Å². The number of anilines is 1. The zero-order chi connectivity index (χ0) is 15.2. The van der Waals surface area contributed by atoms with Crippen molar-refractivity contribution in [3.8, 4) is 0 Å². The van der Waals surface area contributed by atoms with Gasteiger partial charge in [-0.2, -0.15) is 0 Å². The largest absolute Gasteiger partial charge is 0.379 e. The third-order valence-electron chi connectivity index (χ3n) is 4.39. The molecule has 21 heavy (non-hydrogen) atoms. The molecule has 1 aliphatic heterocycles. The highest BCUT2D eigenvalue weighted by molar-refractivity contribution is 5.54. The monoisotopic (exact) mass is 290 g/mol. The fourth-order valence-electron chi connectivity index (χ4n) is 3.02. The second-order valence-corrected chi connectivity index (χ2v) is 6.64. The Morgan fingerprint density at radius 3 is 2.81 bits per heavy atom. The van der Waals surface area contributed by atoms with E-state index < -0.39 is 0 Å². The van der Waals surface area contributed by atoms with Crippen LogP contribution < -0.4 is 10.2 Å². The maximum Gasteiger partial charge on any atom is 0.0772 e. The number of benzene rings is 1. The lowest BCUT2D eigenvalue weighted by atomic mass is 9.95. The maximum atomic E-state index is 5.65. The van der Waals surface area contributed by atoms with Crippen molar-refractivity contribution in [2.24, 2.45) is 11.8 Å². The molecule has 2 unspecified atom stereocenters. The van der Waals surface area contributed by atoms with Crippen molar-refractivity contribution in [2.75, 3.05) is 31.6 Å².